The Labute approximate surface area is 175 Å². The maximum Gasteiger partial charge on any atom is 0.191 e. The maximum atomic E-state index is 13.5. The normalized spacial score (nSPS) is 12.0. The molecule has 0 saturated carbocycles. The van der Waals surface area contributed by atoms with Gasteiger partial charge in [0, 0.05) is 43.2 Å². The van der Waals surface area contributed by atoms with Gasteiger partial charge in [-0.2, -0.15) is 0 Å². The first-order valence-corrected chi connectivity index (χ1v) is 10.4. The number of aromatic nitrogens is 3. The SMILES string of the molecule is CCNC(=NCCCc1nc2ccccc2[nH]1)NCCc1c[nH]c2ccc(F)cc12. The Morgan fingerprint density at radius 2 is 2.00 bits per heavy atom. The van der Waals surface area contributed by atoms with Crippen molar-refractivity contribution in [2.45, 2.75) is 26.2 Å². The number of nitrogens with one attached hydrogen (secondary N) is 4. The summed E-state index contributed by atoms with van der Waals surface area (Å²) in [6, 6.07) is 12.9. The van der Waals surface area contributed by atoms with Crippen molar-refractivity contribution < 1.29 is 4.39 Å². The van der Waals surface area contributed by atoms with Crippen LogP contribution < -0.4 is 10.6 Å². The molecule has 0 fully saturated rings. The smallest absolute Gasteiger partial charge is 0.191 e. The number of guanidine groups is 1. The first-order chi connectivity index (χ1) is 14.7. The standard InChI is InChI=1S/C23H27FN6/c1-2-25-23(26-12-5-8-22-29-20-6-3-4-7-21(20)30-22)27-13-11-16-15-28-19-10-9-17(24)14-18(16)19/h3-4,6-7,9-10,14-15,28H,2,5,8,11-13H2,1H3,(H,29,30)(H2,25,26,27). The molecular formula is C23H27FN6. The highest BCUT2D eigenvalue weighted by Gasteiger charge is 2.06. The quantitative estimate of drug-likeness (QED) is 0.203. The molecule has 30 heavy (non-hydrogen) atoms. The van der Waals surface area contributed by atoms with Crippen molar-refractivity contribution in [3.05, 3.63) is 65.9 Å². The first kappa shape index (κ1) is 19.9. The van der Waals surface area contributed by atoms with E-state index in [-0.39, 0.29) is 5.82 Å². The van der Waals surface area contributed by atoms with Crippen LogP contribution in [-0.4, -0.2) is 40.5 Å². The van der Waals surface area contributed by atoms with E-state index in [1.807, 2.05) is 37.4 Å². The van der Waals surface area contributed by atoms with Gasteiger partial charge in [0.25, 0.3) is 0 Å². The van der Waals surface area contributed by atoms with Crippen molar-refractivity contribution in [2.75, 3.05) is 19.6 Å². The van der Waals surface area contributed by atoms with Crippen LogP contribution in [-0.2, 0) is 12.8 Å². The van der Waals surface area contributed by atoms with E-state index in [4.69, 9.17) is 0 Å². The highest BCUT2D eigenvalue weighted by molar-refractivity contribution is 5.83. The van der Waals surface area contributed by atoms with E-state index in [2.05, 4.69) is 30.6 Å². The first-order valence-electron chi connectivity index (χ1n) is 10.4. The van der Waals surface area contributed by atoms with Crippen molar-refractivity contribution in [1.29, 1.82) is 0 Å². The van der Waals surface area contributed by atoms with E-state index in [0.717, 1.165) is 71.6 Å². The summed E-state index contributed by atoms with van der Waals surface area (Å²) in [5.41, 5.74) is 4.13. The van der Waals surface area contributed by atoms with E-state index < -0.39 is 0 Å². The Bertz CT molecular complexity index is 1110. The predicted octanol–water partition coefficient (Wildman–Crippen LogP) is 3.91. The van der Waals surface area contributed by atoms with Crippen LogP contribution in [0, 0.1) is 5.82 Å². The average molecular weight is 407 g/mol. The van der Waals surface area contributed by atoms with Crippen LogP contribution in [0.5, 0.6) is 0 Å². The molecule has 2 aromatic carbocycles. The van der Waals surface area contributed by atoms with Crippen LogP contribution in [0.2, 0.25) is 0 Å². The lowest BCUT2D eigenvalue weighted by atomic mass is 10.1. The van der Waals surface area contributed by atoms with E-state index in [9.17, 15) is 4.39 Å². The topological polar surface area (TPSA) is 80.9 Å². The summed E-state index contributed by atoms with van der Waals surface area (Å²) in [5, 5.41) is 7.58. The van der Waals surface area contributed by atoms with E-state index in [0.29, 0.717) is 6.54 Å². The molecule has 4 rings (SSSR count). The average Bonchev–Trinajstić information content (AvgIpc) is 3.34. The molecule has 0 radical (unpaired) electrons. The maximum absolute atomic E-state index is 13.5. The van der Waals surface area contributed by atoms with Gasteiger partial charge >= 0.3 is 0 Å². The van der Waals surface area contributed by atoms with Crippen molar-refractivity contribution in [3.8, 4) is 0 Å². The fourth-order valence-corrected chi connectivity index (χ4v) is 3.58. The van der Waals surface area contributed by atoms with Gasteiger partial charge in [0.15, 0.2) is 5.96 Å². The number of aliphatic imine (C=N–C) groups is 1. The van der Waals surface area contributed by atoms with Gasteiger partial charge in [0.2, 0.25) is 0 Å². The molecular weight excluding hydrogens is 379 g/mol. The van der Waals surface area contributed by atoms with Crippen LogP contribution in [0.15, 0.2) is 53.7 Å². The number of benzene rings is 2. The summed E-state index contributed by atoms with van der Waals surface area (Å²) in [6.07, 6.45) is 4.51. The molecule has 0 unspecified atom stereocenters. The van der Waals surface area contributed by atoms with Gasteiger partial charge < -0.3 is 20.6 Å². The third-order valence-corrected chi connectivity index (χ3v) is 5.04. The monoisotopic (exact) mass is 406 g/mol. The molecule has 0 bridgehead atoms. The highest BCUT2D eigenvalue weighted by atomic mass is 19.1. The lowest BCUT2D eigenvalue weighted by Crippen LogP contribution is -2.38. The number of nitrogens with zero attached hydrogens (tertiary/aromatic N) is 2. The molecule has 2 heterocycles. The zero-order valence-electron chi connectivity index (χ0n) is 17.1. The van der Waals surface area contributed by atoms with Gasteiger partial charge in [-0.15, -0.1) is 0 Å². The number of aryl methyl sites for hydroxylation is 1. The third kappa shape index (κ3) is 4.79. The highest BCUT2D eigenvalue weighted by Crippen LogP contribution is 2.19. The number of para-hydroxylation sites is 2. The minimum absolute atomic E-state index is 0.212. The van der Waals surface area contributed by atoms with Gasteiger partial charge in [-0.1, -0.05) is 12.1 Å². The van der Waals surface area contributed by atoms with Crippen LogP contribution in [0.25, 0.3) is 21.9 Å². The second kappa shape index (κ2) is 9.43. The summed E-state index contributed by atoms with van der Waals surface area (Å²) < 4.78 is 13.5. The van der Waals surface area contributed by atoms with Gasteiger partial charge in [-0.05, 0) is 55.7 Å². The van der Waals surface area contributed by atoms with Crippen molar-refractivity contribution in [2.24, 2.45) is 4.99 Å². The minimum Gasteiger partial charge on any atom is -0.361 e. The molecule has 156 valence electrons. The van der Waals surface area contributed by atoms with Crippen LogP contribution in [0.4, 0.5) is 4.39 Å². The molecule has 0 atom stereocenters. The van der Waals surface area contributed by atoms with Crippen molar-refractivity contribution in [1.82, 2.24) is 25.6 Å². The zero-order chi connectivity index (χ0) is 20.8. The molecule has 2 aromatic heterocycles. The Kier molecular flexibility index (Phi) is 6.27. The molecule has 7 heteroatoms. The number of aromatic amines is 2. The molecule has 0 spiro atoms. The van der Waals surface area contributed by atoms with Crippen LogP contribution >= 0.6 is 0 Å². The summed E-state index contributed by atoms with van der Waals surface area (Å²) in [5.74, 6) is 1.58. The van der Waals surface area contributed by atoms with Gasteiger partial charge in [0.05, 0.1) is 11.0 Å². The number of rotatable bonds is 8. The molecule has 0 saturated heterocycles. The van der Waals surface area contributed by atoms with E-state index in [1.54, 1.807) is 12.1 Å². The van der Waals surface area contributed by atoms with Gasteiger partial charge in [-0.3, -0.25) is 4.99 Å². The number of fused-ring (bicyclic) bond motifs is 2. The van der Waals surface area contributed by atoms with Crippen molar-refractivity contribution in [3.63, 3.8) is 0 Å². The fraction of sp³-hybridized carbons (Fsp3) is 0.304. The number of H-pyrrole nitrogens is 2. The van der Waals surface area contributed by atoms with E-state index >= 15 is 0 Å². The molecule has 0 aliphatic rings. The van der Waals surface area contributed by atoms with Crippen LogP contribution in [0.3, 0.4) is 0 Å². The number of halogens is 1. The Balaban J connectivity index is 1.28. The van der Waals surface area contributed by atoms with Gasteiger partial charge in [0.1, 0.15) is 11.6 Å². The molecule has 0 aliphatic heterocycles. The lowest BCUT2D eigenvalue weighted by molar-refractivity contribution is 0.629. The van der Waals surface area contributed by atoms with E-state index in [1.165, 1.54) is 6.07 Å². The summed E-state index contributed by atoms with van der Waals surface area (Å²) in [6.45, 7) is 4.28. The lowest BCUT2D eigenvalue weighted by Gasteiger charge is -2.11. The second-order valence-corrected chi connectivity index (χ2v) is 7.25. The second-order valence-electron chi connectivity index (χ2n) is 7.25. The Morgan fingerprint density at radius 3 is 2.87 bits per heavy atom. The number of imidazole rings is 1. The Hall–Kier alpha value is -3.35. The molecule has 0 aliphatic carbocycles. The summed E-state index contributed by atoms with van der Waals surface area (Å²) in [7, 11) is 0. The molecule has 6 nitrogen and oxygen atoms in total. The Morgan fingerprint density at radius 1 is 1.10 bits per heavy atom. The largest absolute Gasteiger partial charge is 0.361 e. The molecule has 4 aromatic rings. The molecule has 0 amide bonds. The summed E-state index contributed by atoms with van der Waals surface area (Å²) >= 11 is 0. The zero-order valence-corrected chi connectivity index (χ0v) is 17.1. The van der Waals surface area contributed by atoms with Crippen LogP contribution in [0.1, 0.15) is 24.7 Å². The number of hydrogen-bond donors (Lipinski definition) is 4. The van der Waals surface area contributed by atoms with Gasteiger partial charge in [-0.25, -0.2) is 9.37 Å². The van der Waals surface area contributed by atoms with Crippen molar-refractivity contribution >= 4 is 27.9 Å². The number of hydrogen-bond acceptors (Lipinski definition) is 2. The predicted molar refractivity (Wildman–Crippen MR) is 120 cm³/mol. The molecule has 4 N–H and O–H groups in total. The minimum atomic E-state index is -0.212. The summed E-state index contributed by atoms with van der Waals surface area (Å²) in [4.78, 5) is 15.8. The fourth-order valence-electron chi connectivity index (χ4n) is 3.58. The third-order valence-electron chi connectivity index (χ3n) is 5.04.